The molecule has 3 rings (SSSR count). The minimum atomic E-state index is -2.94. The maximum atomic E-state index is 12.6. The van der Waals surface area contributed by atoms with E-state index >= 15 is 0 Å². The summed E-state index contributed by atoms with van der Waals surface area (Å²) >= 11 is 1.13. The van der Waals surface area contributed by atoms with Crippen LogP contribution in [-0.2, 0) is 0 Å². The van der Waals surface area contributed by atoms with Crippen molar-refractivity contribution in [3.63, 3.8) is 0 Å². The summed E-state index contributed by atoms with van der Waals surface area (Å²) in [5.74, 6) is 0.0358. The minimum absolute atomic E-state index is 0.00830. The van der Waals surface area contributed by atoms with Crippen LogP contribution in [0, 0.1) is 0 Å². The number of fused-ring (bicyclic) bond motifs is 1. The van der Waals surface area contributed by atoms with Gasteiger partial charge in [0, 0.05) is 12.6 Å². The van der Waals surface area contributed by atoms with Crippen LogP contribution in [0.5, 0.6) is 5.75 Å². The first-order chi connectivity index (χ1) is 11.1. The second-order valence-electron chi connectivity index (χ2n) is 4.74. The summed E-state index contributed by atoms with van der Waals surface area (Å²) < 4.78 is 34.6. The first-order valence-electron chi connectivity index (χ1n) is 6.74. The molecule has 2 aromatic carbocycles. The molecule has 1 amide bonds. The Bertz CT molecular complexity index is 836. The van der Waals surface area contributed by atoms with Crippen molar-refractivity contribution in [1.82, 2.24) is 4.37 Å². The highest BCUT2D eigenvalue weighted by molar-refractivity contribution is 7.13. The number of nitrogens with zero attached hydrogens (tertiary/aromatic N) is 2. The molecule has 0 bridgehead atoms. The summed E-state index contributed by atoms with van der Waals surface area (Å²) in [5.41, 5.74) is 0.489. The number of rotatable bonds is 4. The number of benzene rings is 2. The van der Waals surface area contributed by atoms with Gasteiger partial charge in [-0.3, -0.25) is 9.69 Å². The van der Waals surface area contributed by atoms with Crippen molar-refractivity contribution in [2.45, 2.75) is 6.61 Å². The van der Waals surface area contributed by atoms with Crippen LogP contribution in [-0.4, -0.2) is 23.9 Å². The Kier molecular flexibility index (Phi) is 4.20. The number of alkyl halides is 2. The number of anilines is 1. The lowest BCUT2D eigenvalue weighted by molar-refractivity contribution is -0.0487. The van der Waals surface area contributed by atoms with Gasteiger partial charge in [-0.1, -0.05) is 24.3 Å². The number of aromatic nitrogens is 1. The second kappa shape index (κ2) is 6.29. The van der Waals surface area contributed by atoms with Gasteiger partial charge in [-0.15, -0.1) is 0 Å². The fourth-order valence-corrected chi connectivity index (χ4v) is 3.06. The van der Waals surface area contributed by atoms with Gasteiger partial charge in [-0.05, 0) is 35.8 Å². The van der Waals surface area contributed by atoms with Crippen molar-refractivity contribution >= 4 is 33.3 Å². The third kappa shape index (κ3) is 3.00. The lowest BCUT2D eigenvalue weighted by Crippen LogP contribution is -2.26. The molecule has 23 heavy (non-hydrogen) atoms. The Labute approximate surface area is 135 Å². The van der Waals surface area contributed by atoms with E-state index in [1.54, 1.807) is 43.4 Å². The number of carbonyl (C=O) groups excluding carboxylic acids is 1. The van der Waals surface area contributed by atoms with E-state index in [4.69, 9.17) is 0 Å². The average molecular weight is 334 g/mol. The SMILES string of the molecule is CN(C(=O)c1ccccc1)c1nsc2cccc(OC(F)F)c12. The molecule has 0 fully saturated rings. The van der Waals surface area contributed by atoms with Crippen molar-refractivity contribution < 1.29 is 18.3 Å². The fourth-order valence-electron chi connectivity index (χ4n) is 2.24. The zero-order chi connectivity index (χ0) is 16.4. The van der Waals surface area contributed by atoms with Gasteiger partial charge in [0.2, 0.25) is 0 Å². The number of carbonyl (C=O) groups is 1. The van der Waals surface area contributed by atoms with Crippen LogP contribution in [0.2, 0.25) is 0 Å². The zero-order valence-corrected chi connectivity index (χ0v) is 12.9. The predicted octanol–water partition coefficient (Wildman–Crippen LogP) is 4.17. The summed E-state index contributed by atoms with van der Waals surface area (Å²) in [6.45, 7) is -2.94. The van der Waals surface area contributed by atoms with E-state index in [2.05, 4.69) is 9.11 Å². The number of halogens is 2. The van der Waals surface area contributed by atoms with Gasteiger partial charge in [-0.25, -0.2) is 0 Å². The van der Waals surface area contributed by atoms with E-state index in [1.165, 1.54) is 11.0 Å². The first kappa shape index (κ1) is 15.4. The van der Waals surface area contributed by atoms with Gasteiger partial charge < -0.3 is 4.74 Å². The van der Waals surface area contributed by atoms with Crippen molar-refractivity contribution in [3.8, 4) is 5.75 Å². The van der Waals surface area contributed by atoms with E-state index in [1.807, 2.05) is 6.07 Å². The van der Waals surface area contributed by atoms with Crippen LogP contribution in [0.4, 0.5) is 14.6 Å². The number of hydrogen-bond acceptors (Lipinski definition) is 4. The normalized spacial score (nSPS) is 11.0. The second-order valence-corrected chi connectivity index (χ2v) is 5.55. The molecule has 3 aromatic rings. The van der Waals surface area contributed by atoms with E-state index in [9.17, 15) is 13.6 Å². The van der Waals surface area contributed by atoms with Crippen LogP contribution in [0.1, 0.15) is 10.4 Å². The van der Waals surface area contributed by atoms with Gasteiger partial charge in [0.1, 0.15) is 5.75 Å². The van der Waals surface area contributed by atoms with Crippen molar-refractivity contribution in [2.24, 2.45) is 0 Å². The van der Waals surface area contributed by atoms with E-state index in [0.717, 1.165) is 11.5 Å². The fraction of sp³-hybridized carbons (Fsp3) is 0.125. The molecule has 1 heterocycles. The van der Waals surface area contributed by atoms with Crippen molar-refractivity contribution in [2.75, 3.05) is 11.9 Å². The lowest BCUT2D eigenvalue weighted by atomic mass is 10.2. The summed E-state index contributed by atoms with van der Waals surface area (Å²) in [6, 6.07) is 13.5. The van der Waals surface area contributed by atoms with Gasteiger partial charge in [0.05, 0.1) is 10.1 Å². The summed E-state index contributed by atoms with van der Waals surface area (Å²) in [5, 5.41) is 0.407. The molecule has 4 nitrogen and oxygen atoms in total. The van der Waals surface area contributed by atoms with Crippen LogP contribution in [0.3, 0.4) is 0 Å². The largest absolute Gasteiger partial charge is 0.434 e. The predicted molar refractivity (Wildman–Crippen MR) is 85.4 cm³/mol. The molecule has 7 heteroatoms. The number of hydrogen-bond donors (Lipinski definition) is 0. The molecule has 0 radical (unpaired) electrons. The maximum Gasteiger partial charge on any atom is 0.387 e. The van der Waals surface area contributed by atoms with Gasteiger partial charge >= 0.3 is 6.61 Å². The van der Waals surface area contributed by atoms with E-state index < -0.39 is 6.61 Å². The van der Waals surface area contributed by atoms with Gasteiger partial charge in [0.15, 0.2) is 5.82 Å². The third-order valence-corrected chi connectivity index (χ3v) is 4.10. The molecular formula is C16H12F2N2O2S. The Hall–Kier alpha value is -2.54. The van der Waals surface area contributed by atoms with Crippen LogP contribution < -0.4 is 9.64 Å². The third-order valence-electron chi connectivity index (χ3n) is 3.30. The molecular weight excluding hydrogens is 322 g/mol. The molecule has 0 aliphatic heterocycles. The van der Waals surface area contributed by atoms with Crippen LogP contribution >= 0.6 is 11.5 Å². The minimum Gasteiger partial charge on any atom is -0.434 e. The molecule has 0 unspecified atom stereocenters. The highest BCUT2D eigenvalue weighted by Gasteiger charge is 2.21. The average Bonchev–Trinajstić information content (AvgIpc) is 2.99. The molecule has 0 saturated heterocycles. The molecule has 1 aromatic heterocycles. The van der Waals surface area contributed by atoms with Crippen LogP contribution in [0.25, 0.3) is 10.1 Å². The number of amides is 1. The molecule has 0 N–H and O–H groups in total. The molecule has 0 aliphatic rings. The van der Waals surface area contributed by atoms with E-state index in [0.29, 0.717) is 21.5 Å². The van der Waals surface area contributed by atoms with E-state index in [-0.39, 0.29) is 11.7 Å². The Morgan fingerprint density at radius 1 is 1.17 bits per heavy atom. The zero-order valence-electron chi connectivity index (χ0n) is 12.1. The van der Waals surface area contributed by atoms with Gasteiger partial charge in [-0.2, -0.15) is 13.2 Å². The first-order valence-corrected chi connectivity index (χ1v) is 7.51. The van der Waals surface area contributed by atoms with Crippen LogP contribution in [0.15, 0.2) is 48.5 Å². The Balaban J connectivity index is 2.04. The highest BCUT2D eigenvalue weighted by Crippen LogP contribution is 2.37. The quantitative estimate of drug-likeness (QED) is 0.719. The standard InChI is InChI=1S/C16H12F2N2O2S/c1-20(15(21)10-6-3-2-4-7-10)14-13-11(22-16(17)18)8-5-9-12(13)23-19-14/h2-9,16H,1H3. The molecule has 0 atom stereocenters. The monoisotopic (exact) mass is 334 g/mol. The lowest BCUT2D eigenvalue weighted by Gasteiger charge is -2.16. The van der Waals surface area contributed by atoms with Gasteiger partial charge in [0.25, 0.3) is 5.91 Å². The summed E-state index contributed by atoms with van der Waals surface area (Å²) in [7, 11) is 1.56. The molecule has 0 saturated carbocycles. The summed E-state index contributed by atoms with van der Waals surface area (Å²) in [4.78, 5) is 13.9. The maximum absolute atomic E-state index is 12.6. The van der Waals surface area contributed by atoms with Crippen molar-refractivity contribution in [3.05, 3.63) is 54.1 Å². The highest BCUT2D eigenvalue weighted by atomic mass is 32.1. The molecule has 0 aliphatic carbocycles. The number of ether oxygens (including phenoxy) is 1. The molecule has 118 valence electrons. The summed E-state index contributed by atoms with van der Waals surface area (Å²) in [6.07, 6.45) is 0. The topological polar surface area (TPSA) is 42.4 Å². The molecule has 0 spiro atoms. The van der Waals surface area contributed by atoms with Crippen molar-refractivity contribution in [1.29, 1.82) is 0 Å². The Morgan fingerprint density at radius 2 is 1.91 bits per heavy atom. The smallest absolute Gasteiger partial charge is 0.387 e. The Morgan fingerprint density at radius 3 is 2.61 bits per heavy atom.